The highest BCUT2D eigenvalue weighted by Crippen LogP contribution is 2.17. The lowest BCUT2D eigenvalue weighted by atomic mass is 10.0. The molecular formula is C62H117NO4. The predicted molar refractivity (Wildman–Crippen MR) is 296 cm³/mol. The summed E-state index contributed by atoms with van der Waals surface area (Å²) in [5.41, 5.74) is 0. The predicted octanol–water partition coefficient (Wildman–Crippen LogP) is 18.8. The number of aliphatic hydroxyl groups is 3. The summed E-state index contributed by atoms with van der Waals surface area (Å²) in [5.74, 6) is -0.510. The van der Waals surface area contributed by atoms with E-state index in [2.05, 4.69) is 55.6 Å². The van der Waals surface area contributed by atoms with E-state index < -0.39 is 24.2 Å². The minimum absolute atomic E-state index is 0.376. The third kappa shape index (κ3) is 52.0. The molecule has 0 aliphatic carbocycles. The van der Waals surface area contributed by atoms with Crippen molar-refractivity contribution in [1.82, 2.24) is 5.32 Å². The van der Waals surface area contributed by atoms with E-state index in [-0.39, 0.29) is 6.61 Å². The topological polar surface area (TPSA) is 89.8 Å². The molecule has 0 radical (unpaired) electrons. The van der Waals surface area contributed by atoms with Gasteiger partial charge in [-0.05, 0) is 64.2 Å². The Morgan fingerprint density at radius 1 is 0.373 bits per heavy atom. The van der Waals surface area contributed by atoms with Gasteiger partial charge in [0.05, 0.1) is 18.8 Å². The SMILES string of the molecule is CCCCCCCCCCC/C=C\C/C=C\CCCCCCCCCCCCCCCCC(O)C(=O)NC(CO)C(O)/C=C/CC/C=C/CCCCCCCCCCCCCCCCCCC. The number of hydrogen-bond donors (Lipinski definition) is 4. The number of carbonyl (C=O) groups excluding carboxylic acids is 1. The van der Waals surface area contributed by atoms with Crippen LogP contribution in [-0.2, 0) is 4.79 Å². The smallest absolute Gasteiger partial charge is 0.249 e. The monoisotopic (exact) mass is 940 g/mol. The molecule has 0 bridgehead atoms. The van der Waals surface area contributed by atoms with E-state index in [0.29, 0.717) is 6.42 Å². The molecule has 67 heavy (non-hydrogen) atoms. The fourth-order valence-corrected chi connectivity index (χ4v) is 9.23. The molecule has 0 aromatic rings. The molecule has 0 rings (SSSR count). The number of amides is 1. The second-order valence-electron chi connectivity index (χ2n) is 20.5. The molecule has 0 heterocycles. The van der Waals surface area contributed by atoms with Gasteiger partial charge in [-0.1, -0.05) is 300 Å². The highest BCUT2D eigenvalue weighted by Gasteiger charge is 2.22. The van der Waals surface area contributed by atoms with Crippen LogP contribution in [0, 0.1) is 0 Å². The summed E-state index contributed by atoms with van der Waals surface area (Å²) in [4.78, 5) is 12.6. The van der Waals surface area contributed by atoms with Crippen LogP contribution >= 0.6 is 0 Å². The van der Waals surface area contributed by atoms with Crippen molar-refractivity contribution in [3.05, 3.63) is 48.6 Å². The van der Waals surface area contributed by atoms with Gasteiger partial charge in [0.25, 0.3) is 0 Å². The Hall–Kier alpha value is -1.69. The number of carbonyl (C=O) groups is 1. The van der Waals surface area contributed by atoms with Crippen LogP contribution in [0.5, 0.6) is 0 Å². The number of rotatable bonds is 55. The molecule has 3 unspecified atom stereocenters. The highest BCUT2D eigenvalue weighted by molar-refractivity contribution is 5.80. The zero-order chi connectivity index (χ0) is 48.6. The van der Waals surface area contributed by atoms with Crippen LogP contribution in [0.2, 0.25) is 0 Å². The number of unbranched alkanes of at least 4 members (excludes halogenated alkanes) is 41. The molecule has 0 saturated heterocycles. The van der Waals surface area contributed by atoms with Gasteiger partial charge in [-0.25, -0.2) is 0 Å². The van der Waals surface area contributed by atoms with Crippen LogP contribution in [0.15, 0.2) is 48.6 Å². The molecule has 5 heteroatoms. The Labute approximate surface area is 418 Å². The summed E-state index contributed by atoms with van der Waals surface area (Å²) in [5, 5.41) is 33.4. The fourth-order valence-electron chi connectivity index (χ4n) is 9.23. The minimum atomic E-state index is -1.11. The van der Waals surface area contributed by atoms with Crippen molar-refractivity contribution in [3.8, 4) is 0 Å². The number of aliphatic hydroxyl groups excluding tert-OH is 3. The lowest BCUT2D eigenvalue weighted by Crippen LogP contribution is -2.48. The quantitative estimate of drug-likeness (QED) is 0.0361. The van der Waals surface area contributed by atoms with Crippen LogP contribution in [0.25, 0.3) is 0 Å². The lowest BCUT2D eigenvalue weighted by Gasteiger charge is -2.21. The van der Waals surface area contributed by atoms with Gasteiger partial charge in [-0.3, -0.25) is 4.79 Å². The third-order valence-corrected chi connectivity index (χ3v) is 13.9. The molecule has 0 aromatic heterocycles. The van der Waals surface area contributed by atoms with Crippen LogP contribution < -0.4 is 5.32 Å². The van der Waals surface area contributed by atoms with E-state index in [1.165, 1.54) is 250 Å². The van der Waals surface area contributed by atoms with Crippen LogP contribution in [0.1, 0.15) is 316 Å². The zero-order valence-corrected chi connectivity index (χ0v) is 45.0. The summed E-state index contributed by atoms with van der Waals surface area (Å²) >= 11 is 0. The average Bonchev–Trinajstić information content (AvgIpc) is 3.33. The van der Waals surface area contributed by atoms with Crippen molar-refractivity contribution >= 4 is 5.91 Å². The summed E-state index contributed by atoms with van der Waals surface area (Å²) in [6.07, 6.45) is 76.3. The van der Waals surface area contributed by atoms with Gasteiger partial charge >= 0.3 is 0 Å². The second-order valence-corrected chi connectivity index (χ2v) is 20.5. The van der Waals surface area contributed by atoms with Crippen LogP contribution in [0.4, 0.5) is 0 Å². The molecule has 0 spiro atoms. The van der Waals surface area contributed by atoms with Crippen LogP contribution in [0.3, 0.4) is 0 Å². The summed E-state index contributed by atoms with van der Waals surface area (Å²) in [7, 11) is 0. The van der Waals surface area contributed by atoms with Gasteiger partial charge in [0.1, 0.15) is 6.10 Å². The fraction of sp³-hybridized carbons (Fsp3) is 0.855. The van der Waals surface area contributed by atoms with Gasteiger partial charge in [0.2, 0.25) is 5.91 Å². The lowest BCUT2D eigenvalue weighted by molar-refractivity contribution is -0.131. The first-order valence-electron chi connectivity index (χ1n) is 30.0. The minimum Gasteiger partial charge on any atom is -0.394 e. The Bertz CT molecular complexity index is 1080. The van der Waals surface area contributed by atoms with Gasteiger partial charge in [0, 0.05) is 0 Å². The maximum absolute atomic E-state index is 12.6. The molecule has 4 N–H and O–H groups in total. The number of hydrogen-bond acceptors (Lipinski definition) is 4. The van der Waals surface area contributed by atoms with Gasteiger partial charge in [-0.2, -0.15) is 0 Å². The molecule has 0 aromatic carbocycles. The van der Waals surface area contributed by atoms with Gasteiger partial charge in [-0.15, -0.1) is 0 Å². The van der Waals surface area contributed by atoms with Crippen LogP contribution in [-0.4, -0.2) is 46.1 Å². The standard InChI is InChI=1S/C62H117NO4/c1-3-5-7-9-11-13-15-17-19-21-23-25-27-28-29-30-31-32-33-35-37-39-41-43-45-47-49-51-53-55-57-61(66)62(67)63-59(58-64)60(65)56-54-52-50-48-46-44-42-40-38-36-34-26-24-22-20-18-16-14-12-10-8-6-4-2/h23,25,28-29,46,48,54,56,59-61,64-66H,3-22,24,26-27,30-45,47,49-53,55,57-58H2,1-2H3,(H,63,67)/b25-23-,29-28-,48-46+,56-54+. The van der Waals surface area contributed by atoms with Crippen molar-refractivity contribution < 1.29 is 20.1 Å². The first-order valence-corrected chi connectivity index (χ1v) is 30.0. The Morgan fingerprint density at radius 3 is 1.00 bits per heavy atom. The van der Waals surface area contributed by atoms with Crippen molar-refractivity contribution in [2.24, 2.45) is 0 Å². The maximum Gasteiger partial charge on any atom is 0.249 e. The van der Waals surface area contributed by atoms with E-state index >= 15 is 0 Å². The van der Waals surface area contributed by atoms with Crippen molar-refractivity contribution in [1.29, 1.82) is 0 Å². The Kier molecular flexibility index (Phi) is 55.5. The maximum atomic E-state index is 12.6. The number of allylic oxidation sites excluding steroid dienone is 7. The average molecular weight is 941 g/mol. The molecule has 0 fully saturated rings. The normalized spacial score (nSPS) is 13.6. The molecule has 394 valence electrons. The molecule has 3 atom stereocenters. The number of nitrogens with one attached hydrogen (secondary N) is 1. The van der Waals surface area contributed by atoms with E-state index in [1.54, 1.807) is 6.08 Å². The largest absolute Gasteiger partial charge is 0.394 e. The van der Waals surface area contributed by atoms with E-state index in [9.17, 15) is 20.1 Å². The van der Waals surface area contributed by atoms with Gasteiger partial charge in [0.15, 0.2) is 0 Å². The zero-order valence-electron chi connectivity index (χ0n) is 45.0. The van der Waals surface area contributed by atoms with E-state index in [1.807, 2.05) is 6.08 Å². The highest BCUT2D eigenvalue weighted by atomic mass is 16.3. The first-order chi connectivity index (χ1) is 33.1. The molecule has 0 aliphatic heterocycles. The summed E-state index contributed by atoms with van der Waals surface area (Å²) in [6.45, 7) is 4.20. The van der Waals surface area contributed by atoms with Crippen molar-refractivity contribution in [2.75, 3.05) is 6.61 Å². The Balaban J connectivity index is 3.59. The second kappa shape index (κ2) is 56.9. The molecule has 5 nitrogen and oxygen atoms in total. The van der Waals surface area contributed by atoms with Crippen molar-refractivity contribution in [3.63, 3.8) is 0 Å². The van der Waals surface area contributed by atoms with Crippen molar-refractivity contribution in [2.45, 2.75) is 334 Å². The summed E-state index contributed by atoms with van der Waals surface area (Å²) < 4.78 is 0. The third-order valence-electron chi connectivity index (χ3n) is 13.9. The molecule has 0 aliphatic rings. The summed E-state index contributed by atoms with van der Waals surface area (Å²) in [6, 6.07) is -0.817. The molecular weight excluding hydrogens is 823 g/mol. The van der Waals surface area contributed by atoms with E-state index in [0.717, 1.165) is 44.9 Å². The van der Waals surface area contributed by atoms with E-state index in [4.69, 9.17) is 0 Å². The first kappa shape index (κ1) is 65.3. The Morgan fingerprint density at radius 2 is 0.657 bits per heavy atom. The van der Waals surface area contributed by atoms with Gasteiger partial charge < -0.3 is 20.6 Å². The molecule has 1 amide bonds. The molecule has 0 saturated carbocycles.